The number of carbonyl (C=O) groups is 1. The molecule has 7 rings (SSSR count). The van der Waals surface area contributed by atoms with Gasteiger partial charge in [0.05, 0.1) is 25.2 Å². The first kappa shape index (κ1) is 46.5. The SMILES string of the molecule is C=C[C@H]1CN2CC[C@H]1C[C@@H]2[C@H](OC(=O)[C@@H](CN=Cc1cc(C(C)(C)C)cc(C(C)(C)C)c1O)N=Cc1cc(C(C)(C)C)cc(C(C)(C)C)c1O)c1ccnc2ccc(OC)cc12. The van der Waals surface area contributed by atoms with Crippen molar-refractivity contribution in [2.24, 2.45) is 21.8 Å². The molecule has 0 saturated carbocycles. The lowest BCUT2D eigenvalue weighted by molar-refractivity contribution is -0.158. The van der Waals surface area contributed by atoms with Crippen LogP contribution in [0.1, 0.15) is 141 Å². The molecule has 62 heavy (non-hydrogen) atoms. The predicted molar refractivity (Wildman–Crippen MR) is 254 cm³/mol. The number of pyridine rings is 1. The zero-order valence-corrected chi connectivity index (χ0v) is 39.5. The fourth-order valence-corrected chi connectivity index (χ4v) is 8.89. The Morgan fingerprint density at radius 1 is 0.855 bits per heavy atom. The van der Waals surface area contributed by atoms with Crippen molar-refractivity contribution in [1.29, 1.82) is 0 Å². The highest BCUT2D eigenvalue weighted by molar-refractivity contribution is 5.89. The Balaban J connectivity index is 1.46. The monoisotopic (exact) mass is 843 g/mol. The molecule has 0 amide bonds. The van der Waals surface area contributed by atoms with Gasteiger partial charge in [-0.1, -0.05) is 101 Å². The lowest BCUT2D eigenvalue weighted by atomic mass is 9.73. The van der Waals surface area contributed by atoms with Crippen LogP contribution >= 0.6 is 0 Å². The van der Waals surface area contributed by atoms with Crippen LogP contribution in [0.4, 0.5) is 0 Å². The molecule has 3 aliphatic rings. The van der Waals surface area contributed by atoms with Crippen LogP contribution < -0.4 is 4.74 Å². The van der Waals surface area contributed by atoms with Gasteiger partial charge in [-0.15, -0.1) is 6.58 Å². The summed E-state index contributed by atoms with van der Waals surface area (Å²) in [5, 5.41) is 24.2. The van der Waals surface area contributed by atoms with Crippen molar-refractivity contribution < 1.29 is 24.5 Å². The van der Waals surface area contributed by atoms with Crippen LogP contribution in [0.15, 0.2) is 77.4 Å². The fraction of sp³-hybridized carbons (Fsp3) is 0.509. The first-order chi connectivity index (χ1) is 28.9. The first-order valence-corrected chi connectivity index (χ1v) is 22.2. The van der Waals surface area contributed by atoms with Crippen molar-refractivity contribution in [2.45, 2.75) is 136 Å². The second-order valence-corrected chi connectivity index (χ2v) is 21.6. The Kier molecular flexibility index (Phi) is 13.2. The van der Waals surface area contributed by atoms with Crippen LogP contribution in [0.2, 0.25) is 0 Å². The summed E-state index contributed by atoms with van der Waals surface area (Å²) >= 11 is 0. The van der Waals surface area contributed by atoms with Gasteiger partial charge in [-0.2, -0.15) is 0 Å². The average Bonchev–Trinajstić information content (AvgIpc) is 3.20. The van der Waals surface area contributed by atoms with Crippen molar-refractivity contribution in [3.8, 4) is 17.2 Å². The highest BCUT2D eigenvalue weighted by atomic mass is 16.5. The molecule has 3 aromatic carbocycles. The van der Waals surface area contributed by atoms with E-state index in [2.05, 4.69) is 118 Å². The minimum Gasteiger partial charge on any atom is -0.507 e. The largest absolute Gasteiger partial charge is 0.507 e. The van der Waals surface area contributed by atoms with Gasteiger partial charge in [-0.3, -0.25) is 19.9 Å². The number of rotatable bonds is 11. The summed E-state index contributed by atoms with van der Waals surface area (Å²) in [6.07, 6.45) is 8.34. The van der Waals surface area contributed by atoms with Gasteiger partial charge in [0.2, 0.25) is 0 Å². The summed E-state index contributed by atoms with van der Waals surface area (Å²) in [7, 11) is 1.64. The van der Waals surface area contributed by atoms with E-state index in [9.17, 15) is 15.0 Å². The number of hydrogen-bond acceptors (Lipinski definition) is 9. The number of methoxy groups -OCH3 is 1. The third-order valence-corrected chi connectivity index (χ3v) is 12.8. The molecular formula is C53H70N4O5. The molecule has 6 atom stereocenters. The van der Waals surface area contributed by atoms with Crippen molar-refractivity contribution in [2.75, 3.05) is 26.7 Å². The number of aliphatic imine (C=N–C) groups is 2. The molecule has 3 fully saturated rings. The van der Waals surface area contributed by atoms with Crippen LogP contribution in [-0.2, 0) is 31.2 Å². The van der Waals surface area contributed by atoms with Gasteiger partial charge in [0, 0.05) is 58.4 Å². The quantitative estimate of drug-likeness (QED) is 0.0877. The fourth-order valence-electron chi connectivity index (χ4n) is 8.89. The lowest BCUT2D eigenvalue weighted by Gasteiger charge is -2.51. The summed E-state index contributed by atoms with van der Waals surface area (Å²) in [5.74, 6) is 1.24. The molecule has 0 spiro atoms. The second-order valence-electron chi connectivity index (χ2n) is 21.6. The standard InChI is InChI=1S/C53H70N4O5/c1-15-32-31-57-21-19-33(32)24-45(57)48(39-18-20-55-43-17-16-38(61-14)27-40(39)43)62-49(60)44(56-29-35-23-37(51(5,6)7)26-42(47(35)59)53(11,12)13)30-54-28-34-22-36(50(2,3)4)25-41(46(34)58)52(8,9)10/h15-18,20,22-23,25-29,32-33,44-45,48,58-59H,1,19,21,24,30-31H2,2-14H3/t32-,33-,44+,45+,48+/m0/s1. The van der Waals surface area contributed by atoms with E-state index in [1.807, 2.05) is 36.4 Å². The number of phenolic OH excluding ortho intramolecular Hbond substituents is 2. The maximum atomic E-state index is 15.0. The van der Waals surface area contributed by atoms with Crippen molar-refractivity contribution in [1.82, 2.24) is 9.88 Å². The highest BCUT2D eigenvalue weighted by Crippen LogP contribution is 2.44. The minimum absolute atomic E-state index is 0.0571. The molecule has 9 nitrogen and oxygen atoms in total. The number of fused-ring (bicyclic) bond motifs is 4. The zero-order valence-electron chi connectivity index (χ0n) is 39.5. The molecule has 3 saturated heterocycles. The molecular weight excluding hydrogens is 773 g/mol. The number of aromatic hydroxyl groups is 2. The van der Waals surface area contributed by atoms with Gasteiger partial charge in [0.15, 0.2) is 6.04 Å². The van der Waals surface area contributed by atoms with Gasteiger partial charge in [-0.25, -0.2) is 4.79 Å². The van der Waals surface area contributed by atoms with Crippen molar-refractivity contribution in [3.63, 3.8) is 0 Å². The number of esters is 1. The maximum absolute atomic E-state index is 15.0. The predicted octanol–water partition coefficient (Wildman–Crippen LogP) is 10.9. The van der Waals surface area contributed by atoms with Crippen LogP contribution in [0.3, 0.4) is 0 Å². The van der Waals surface area contributed by atoms with Gasteiger partial charge < -0.3 is 19.7 Å². The third kappa shape index (κ3) is 10.1. The molecule has 0 radical (unpaired) electrons. The van der Waals surface area contributed by atoms with Gasteiger partial charge in [0.1, 0.15) is 23.4 Å². The molecule has 2 N–H and O–H groups in total. The van der Waals surface area contributed by atoms with Gasteiger partial charge in [0.25, 0.3) is 0 Å². The second kappa shape index (κ2) is 17.6. The summed E-state index contributed by atoms with van der Waals surface area (Å²) in [4.78, 5) is 31.9. The molecule has 3 aliphatic heterocycles. The van der Waals surface area contributed by atoms with E-state index in [4.69, 9.17) is 19.5 Å². The Bertz CT molecular complexity index is 2350. The Morgan fingerprint density at radius 3 is 1.97 bits per heavy atom. The molecule has 2 bridgehead atoms. The van der Waals surface area contributed by atoms with E-state index in [0.29, 0.717) is 28.7 Å². The molecule has 332 valence electrons. The number of piperidine rings is 3. The van der Waals surface area contributed by atoms with E-state index in [-0.39, 0.29) is 45.7 Å². The summed E-state index contributed by atoms with van der Waals surface area (Å²) < 4.78 is 12.4. The Morgan fingerprint density at radius 2 is 1.45 bits per heavy atom. The Labute approximate surface area is 370 Å². The van der Waals surface area contributed by atoms with E-state index in [0.717, 1.165) is 64.7 Å². The van der Waals surface area contributed by atoms with E-state index in [1.165, 1.54) is 0 Å². The minimum atomic E-state index is -1.08. The first-order valence-electron chi connectivity index (χ1n) is 22.2. The van der Waals surface area contributed by atoms with Gasteiger partial charge >= 0.3 is 5.97 Å². The zero-order chi connectivity index (χ0) is 45.5. The molecule has 1 unspecified atom stereocenters. The Hall–Kier alpha value is -5.02. The highest BCUT2D eigenvalue weighted by Gasteiger charge is 2.45. The van der Waals surface area contributed by atoms with Crippen molar-refractivity contribution >= 4 is 29.3 Å². The number of aromatic nitrogens is 1. The normalized spacial score (nSPS) is 20.8. The summed E-state index contributed by atoms with van der Waals surface area (Å²) in [5.41, 5.74) is 5.38. The van der Waals surface area contributed by atoms with Crippen molar-refractivity contribution in [3.05, 3.63) is 106 Å². The molecule has 0 aliphatic carbocycles. The molecule has 9 heteroatoms. The van der Waals surface area contributed by atoms with E-state index in [1.54, 1.807) is 25.7 Å². The number of ether oxygens (including phenoxy) is 2. The van der Waals surface area contributed by atoms with E-state index < -0.39 is 18.1 Å². The number of benzene rings is 3. The number of hydrogen-bond donors (Lipinski definition) is 2. The molecule has 1 aromatic heterocycles. The summed E-state index contributed by atoms with van der Waals surface area (Å²) in [6.45, 7) is 31.1. The summed E-state index contributed by atoms with van der Waals surface area (Å²) in [6, 6.07) is 14.6. The average molecular weight is 843 g/mol. The number of carbonyl (C=O) groups excluding carboxylic acids is 1. The third-order valence-electron chi connectivity index (χ3n) is 12.8. The smallest absolute Gasteiger partial charge is 0.333 e. The van der Waals surface area contributed by atoms with Gasteiger partial charge in [-0.05, 0) is 100 Å². The van der Waals surface area contributed by atoms with Crippen LogP contribution in [-0.4, -0.2) is 77.3 Å². The molecule has 4 aromatic rings. The molecule has 4 heterocycles. The van der Waals surface area contributed by atoms with E-state index >= 15 is 0 Å². The number of nitrogens with zero attached hydrogens (tertiary/aromatic N) is 4. The number of phenols is 2. The maximum Gasteiger partial charge on any atom is 0.333 e. The topological polar surface area (TPSA) is 117 Å². The lowest BCUT2D eigenvalue weighted by Crippen LogP contribution is -2.55. The van der Waals surface area contributed by atoms with Crippen LogP contribution in [0, 0.1) is 11.8 Å². The van der Waals surface area contributed by atoms with Crippen LogP contribution in [0.5, 0.6) is 17.2 Å². The van der Waals surface area contributed by atoms with Crippen LogP contribution in [0.25, 0.3) is 10.9 Å².